The van der Waals surface area contributed by atoms with Gasteiger partial charge in [-0.15, -0.1) is 16.4 Å². The van der Waals surface area contributed by atoms with E-state index in [2.05, 4.69) is 32.0 Å². The van der Waals surface area contributed by atoms with Crippen LogP contribution in [0.1, 0.15) is 20.9 Å². The summed E-state index contributed by atoms with van der Waals surface area (Å²) in [5.41, 5.74) is 2.64. The van der Waals surface area contributed by atoms with Crippen LogP contribution in [0.5, 0.6) is 0 Å². The zero-order chi connectivity index (χ0) is 17.9. The number of thiophene rings is 1. The second-order valence-electron chi connectivity index (χ2n) is 5.90. The number of H-pyrrole nitrogens is 1. The minimum absolute atomic E-state index is 0.0813. The molecule has 1 N–H and O–H groups in total. The van der Waals surface area contributed by atoms with Gasteiger partial charge in [0.15, 0.2) is 5.78 Å². The molecule has 6 nitrogen and oxygen atoms in total. The van der Waals surface area contributed by atoms with Gasteiger partial charge in [0, 0.05) is 33.5 Å². The number of nitrogens with one attached hydrogen (secondary N) is 1. The molecule has 0 aliphatic heterocycles. The van der Waals surface area contributed by atoms with Crippen molar-refractivity contribution in [1.29, 1.82) is 0 Å². The lowest BCUT2D eigenvalue weighted by molar-refractivity contribution is 0.102. The Bertz CT molecular complexity index is 1040. The van der Waals surface area contributed by atoms with Crippen LogP contribution in [0.25, 0.3) is 10.9 Å². The van der Waals surface area contributed by atoms with Crippen molar-refractivity contribution in [2.45, 2.75) is 25.0 Å². The molecule has 3 aromatic heterocycles. The molecule has 0 saturated carbocycles. The van der Waals surface area contributed by atoms with Gasteiger partial charge in [0.25, 0.3) is 0 Å². The summed E-state index contributed by atoms with van der Waals surface area (Å²) in [6.07, 6.45) is 0.881. The van der Waals surface area contributed by atoms with Crippen molar-refractivity contribution in [2.24, 2.45) is 0 Å². The van der Waals surface area contributed by atoms with Gasteiger partial charge >= 0.3 is 0 Å². The van der Waals surface area contributed by atoms with Crippen molar-refractivity contribution in [3.63, 3.8) is 0 Å². The highest BCUT2D eigenvalue weighted by atomic mass is 32.2. The normalized spacial score (nSPS) is 11.3. The van der Waals surface area contributed by atoms with E-state index >= 15 is 0 Å². The number of hydrogen-bond acceptors (Lipinski definition) is 6. The Kier molecular flexibility index (Phi) is 4.85. The number of carbonyl (C=O) groups is 1. The fourth-order valence-corrected chi connectivity index (χ4v) is 4.42. The van der Waals surface area contributed by atoms with Crippen LogP contribution in [0.3, 0.4) is 0 Å². The van der Waals surface area contributed by atoms with E-state index in [0.29, 0.717) is 17.5 Å². The highest BCUT2D eigenvalue weighted by molar-refractivity contribution is 7.99. The van der Waals surface area contributed by atoms with Crippen molar-refractivity contribution in [2.75, 3.05) is 5.75 Å². The molecular weight excluding hydrogens is 366 g/mol. The number of thioether (sulfide) groups is 1. The number of aromatic amines is 1. The smallest absolute Gasteiger partial charge is 0.209 e. The topological polar surface area (TPSA) is 76.5 Å². The molecule has 132 valence electrons. The Hall–Kier alpha value is -2.45. The first-order chi connectivity index (χ1) is 12.7. The van der Waals surface area contributed by atoms with E-state index in [1.54, 1.807) is 16.0 Å². The van der Waals surface area contributed by atoms with Gasteiger partial charge in [-0.05, 0) is 34.9 Å². The number of tetrazole rings is 1. The third-order valence-electron chi connectivity index (χ3n) is 4.15. The molecule has 0 radical (unpaired) electrons. The van der Waals surface area contributed by atoms with Crippen molar-refractivity contribution in [3.05, 3.63) is 57.9 Å². The molecule has 0 unspecified atom stereocenters. The molecule has 0 atom stereocenters. The van der Waals surface area contributed by atoms with Crippen molar-refractivity contribution < 1.29 is 4.79 Å². The summed E-state index contributed by atoms with van der Waals surface area (Å²) in [5.74, 6) is 0.389. The first-order valence-corrected chi connectivity index (χ1v) is 10.1. The average Bonchev–Trinajstić information content (AvgIpc) is 3.37. The van der Waals surface area contributed by atoms with Gasteiger partial charge in [0.2, 0.25) is 5.16 Å². The van der Waals surface area contributed by atoms with Crippen LogP contribution in [0, 0.1) is 6.92 Å². The Balaban J connectivity index is 1.45. The van der Waals surface area contributed by atoms with Crippen LogP contribution in [-0.2, 0) is 13.0 Å². The number of ketones is 1. The van der Waals surface area contributed by atoms with Crippen LogP contribution in [-0.4, -0.2) is 36.7 Å². The third-order valence-corrected chi connectivity index (χ3v) is 6.05. The number of hydrogen-bond donors (Lipinski definition) is 1. The maximum atomic E-state index is 12.8. The van der Waals surface area contributed by atoms with Gasteiger partial charge < -0.3 is 4.98 Å². The Morgan fingerprint density at radius 1 is 1.27 bits per heavy atom. The van der Waals surface area contributed by atoms with Crippen LogP contribution < -0.4 is 0 Å². The molecule has 0 aliphatic carbocycles. The lowest BCUT2D eigenvalue weighted by atomic mass is 10.1. The SMILES string of the molecule is Cc1[nH]c2ccccc2c1C(=O)CSc1nnnn1CCc1cccs1. The minimum atomic E-state index is 0.0813. The number of aromatic nitrogens is 5. The Labute approximate surface area is 158 Å². The molecule has 0 amide bonds. The van der Waals surface area contributed by atoms with Gasteiger partial charge in [-0.25, -0.2) is 4.68 Å². The van der Waals surface area contributed by atoms with Crippen LogP contribution in [0.2, 0.25) is 0 Å². The van der Waals surface area contributed by atoms with E-state index < -0.39 is 0 Å². The lowest BCUT2D eigenvalue weighted by Crippen LogP contribution is -2.08. The quantitative estimate of drug-likeness (QED) is 0.389. The molecule has 0 spiro atoms. The van der Waals surface area contributed by atoms with E-state index in [4.69, 9.17) is 0 Å². The monoisotopic (exact) mass is 383 g/mol. The molecule has 26 heavy (non-hydrogen) atoms. The van der Waals surface area contributed by atoms with Gasteiger partial charge in [0.1, 0.15) is 0 Å². The van der Waals surface area contributed by atoms with Crippen molar-refractivity contribution in [1.82, 2.24) is 25.2 Å². The molecule has 4 rings (SSSR count). The fourth-order valence-electron chi connectivity index (χ4n) is 2.95. The van der Waals surface area contributed by atoms with E-state index in [1.807, 2.05) is 37.3 Å². The van der Waals surface area contributed by atoms with Crippen molar-refractivity contribution >= 4 is 39.8 Å². The predicted octanol–water partition coefficient (Wildman–Crippen LogP) is 3.74. The van der Waals surface area contributed by atoms with Gasteiger partial charge in [-0.3, -0.25) is 4.79 Å². The number of fused-ring (bicyclic) bond motifs is 1. The molecule has 0 bridgehead atoms. The summed E-state index contributed by atoms with van der Waals surface area (Å²) < 4.78 is 1.76. The van der Waals surface area contributed by atoms with E-state index in [-0.39, 0.29) is 5.78 Å². The Morgan fingerprint density at radius 2 is 2.15 bits per heavy atom. The number of rotatable bonds is 7. The summed E-state index contributed by atoms with van der Waals surface area (Å²) in [7, 11) is 0. The molecule has 8 heteroatoms. The number of Topliss-reactive ketones (excluding diaryl/α,β-unsaturated/α-hetero) is 1. The molecule has 1 aromatic carbocycles. The zero-order valence-corrected chi connectivity index (χ0v) is 15.8. The number of nitrogens with zero attached hydrogens (tertiary/aromatic N) is 4. The molecule has 3 heterocycles. The first-order valence-electron chi connectivity index (χ1n) is 8.24. The number of para-hydroxylation sites is 1. The summed E-state index contributed by atoms with van der Waals surface area (Å²) in [4.78, 5) is 17.3. The number of aryl methyl sites for hydroxylation is 3. The summed E-state index contributed by atoms with van der Waals surface area (Å²) in [6.45, 7) is 2.64. The zero-order valence-electron chi connectivity index (χ0n) is 14.2. The summed E-state index contributed by atoms with van der Waals surface area (Å²) >= 11 is 3.10. The standard InChI is InChI=1S/C18H17N5OS2/c1-12-17(14-6-2-3-7-15(14)19-12)16(24)11-26-18-20-21-22-23(18)9-8-13-5-4-10-25-13/h2-7,10,19H,8-9,11H2,1H3. The molecular formula is C18H17N5OS2. The largest absolute Gasteiger partial charge is 0.358 e. The maximum absolute atomic E-state index is 12.8. The fraction of sp³-hybridized carbons (Fsp3) is 0.222. The Morgan fingerprint density at radius 3 is 3.00 bits per heavy atom. The molecule has 0 fully saturated rings. The average molecular weight is 384 g/mol. The summed E-state index contributed by atoms with van der Waals surface area (Å²) in [5, 5.41) is 15.6. The van der Waals surface area contributed by atoms with Gasteiger partial charge in [0.05, 0.1) is 12.3 Å². The first kappa shape index (κ1) is 17.0. The highest BCUT2D eigenvalue weighted by Crippen LogP contribution is 2.25. The van der Waals surface area contributed by atoms with E-state index in [9.17, 15) is 4.79 Å². The van der Waals surface area contributed by atoms with Crippen molar-refractivity contribution in [3.8, 4) is 0 Å². The molecule has 0 saturated heterocycles. The second-order valence-corrected chi connectivity index (χ2v) is 7.87. The van der Waals surface area contributed by atoms with Crippen LogP contribution in [0.4, 0.5) is 0 Å². The van der Waals surface area contributed by atoms with E-state index in [0.717, 1.165) is 28.6 Å². The molecule has 4 aromatic rings. The second kappa shape index (κ2) is 7.43. The van der Waals surface area contributed by atoms with E-state index in [1.165, 1.54) is 16.6 Å². The summed E-state index contributed by atoms with van der Waals surface area (Å²) in [6, 6.07) is 12.0. The highest BCUT2D eigenvalue weighted by Gasteiger charge is 2.17. The van der Waals surface area contributed by atoms with Gasteiger partial charge in [-0.1, -0.05) is 36.0 Å². The maximum Gasteiger partial charge on any atom is 0.209 e. The lowest BCUT2D eigenvalue weighted by Gasteiger charge is -2.04. The number of carbonyl (C=O) groups excluding carboxylic acids is 1. The van der Waals surface area contributed by atoms with Crippen LogP contribution >= 0.6 is 23.1 Å². The third kappa shape index (κ3) is 3.42. The number of benzene rings is 1. The predicted molar refractivity (Wildman–Crippen MR) is 104 cm³/mol. The molecule has 0 aliphatic rings. The van der Waals surface area contributed by atoms with Gasteiger partial charge in [-0.2, -0.15) is 0 Å². The van der Waals surface area contributed by atoms with Crippen LogP contribution in [0.15, 0.2) is 46.9 Å². The minimum Gasteiger partial charge on any atom is -0.358 e.